The molecule has 5 heteroatoms. The van der Waals surface area contributed by atoms with E-state index in [9.17, 15) is 0 Å². The van der Waals surface area contributed by atoms with Crippen molar-refractivity contribution in [1.82, 2.24) is 25.5 Å². The third-order valence-electron chi connectivity index (χ3n) is 3.64. The zero-order valence-corrected chi connectivity index (χ0v) is 10.9. The number of rotatable bonds is 5. The summed E-state index contributed by atoms with van der Waals surface area (Å²) in [7, 11) is 1.80. The van der Waals surface area contributed by atoms with Gasteiger partial charge in [0.05, 0.1) is 13.6 Å². The first-order valence-corrected chi connectivity index (χ1v) is 6.74. The van der Waals surface area contributed by atoms with Crippen LogP contribution in [0.3, 0.4) is 0 Å². The molecule has 0 atom stereocenters. The molecule has 1 aliphatic rings. The smallest absolute Gasteiger partial charge is 0.188 e. The van der Waals surface area contributed by atoms with Gasteiger partial charge >= 0.3 is 0 Å². The van der Waals surface area contributed by atoms with Gasteiger partial charge in [-0.15, -0.1) is 10.2 Å². The van der Waals surface area contributed by atoms with E-state index in [1.165, 1.54) is 43.3 Å². The molecule has 0 radical (unpaired) electrons. The molecule has 1 aromatic rings. The Morgan fingerprint density at radius 1 is 1.29 bits per heavy atom. The molecule has 1 aliphatic carbocycles. The number of hydrogen-bond acceptors (Lipinski definition) is 4. The number of aryl methyl sites for hydroxylation is 1. The minimum atomic E-state index is 0.645. The van der Waals surface area contributed by atoms with Gasteiger partial charge in [-0.3, -0.25) is 0 Å². The van der Waals surface area contributed by atoms with Crippen LogP contribution in [-0.2, 0) is 13.6 Å². The molecular formula is C12H23N5. The number of hydrogen-bond donors (Lipinski definition) is 1. The van der Waals surface area contributed by atoms with E-state index in [4.69, 9.17) is 0 Å². The van der Waals surface area contributed by atoms with Crippen LogP contribution in [0.2, 0.25) is 0 Å². The zero-order valence-electron chi connectivity index (χ0n) is 10.9. The van der Waals surface area contributed by atoms with Crippen LogP contribution in [-0.4, -0.2) is 26.2 Å². The summed E-state index contributed by atoms with van der Waals surface area (Å²) in [5, 5.41) is 15.5. The molecule has 1 saturated carbocycles. The Morgan fingerprint density at radius 3 is 2.65 bits per heavy atom. The molecule has 0 unspecified atom stereocenters. The molecule has 0 spiro atoms. The van der Waals surface area contributed by atoms with Crippen LogP contribution in [0.15, 0.2) is 0 Å². The standard InChI is InChI=1S/C12H23N5/c1-3-4-10-5-7-11(8-6-10)13-9-12-14-16-17(2)15-12/h10-11,13H,3-9H2,1-2H3. The first-order valence-electron chi connectivity index (χ1n) is 6.74. The van der Waals surface area contributed by atoms with Gasteiger partial charge in [0.2, 0.25) is 0 Å². The van der Waals surface area contributed by atoms with E-state index in [0.717, 1.165) is 18.3 Å². The number of nitrogens with one attached hydrogen (secondary N) is 1. The van der Waals surface area contributed by atoms with E-state index in [2.05, 4.69) is 27.7 Å². The van der Waals surface area contributed by atoms with Crippen LogP contribution >= 0.6 is 0 Å². The van der Waals surface area contributed by atoms with Gasteiger partial charge < -0.3 is 5.32 Å². The molecule has 2 rings (SSSR count). The highest BCUT2D eigenvalue weighted by molar-refractivity contribution is 4.81. The van der Waals surface area contributed by atoms with Crippen LogP contribution in [0.1, 0.15) is 51.3 Å². The van der Waals surface area contributed by atoms with Crippen LogP contribution in [0.4, 0.5) is 0 Å². The van der Waals surface area contributed by atoms with Crippen molar-refractivity contribution in [1.29, 1.82) is 0 Å². The van der Waals surface area contributed by atoms with Gasteiger partial charge in [-0.1, -0.05) is 19.8 Å². The van der Waals surface area contributed by atoms with Crippen molar-refractivity contribution < 1.29 is 0 Å². The third-order valence-corrected chi connectivity index (χ3v) is 3.64. The Bertz CT molecular complexity index is 327. The second-order valence-corrected chi connectivity index (χ2v) is 5.08. The highest BCUT2D eigenvalue weighted by Gasteiger charge is 2.20. The fourth-order valence-corrected chi connectivity index (χ4v) is 2.69. The Kier molecular flexibility index (Phi) is 4.48. The molecule has 0 amide bonds. The molecule has 0 aliphatic heterocycles. The molecule has 1 fully saturated rings. The lowest BCUT2D eigenvalue weighted by Gasteiger charge is -2.28. The van der Waals surface area contributed by atoms with Crippen molar-refractivity contribution in [3.05, 3.63) is 5.82 Å². The molecule has 96 valence electrons. The molecule has 5 nitrogen and oxygen atoms in total. The normalized spacial score (nSPS) is 25.1. The second kappa shape index (κ2) is 6.10. The number of tetrazole rings is 1. The van der Waals surface area contributed by atoms with Gasteiger partial charge in [-0.2, -0.15) is 4.80 Å². The summed E-state index contributed by atoms with van der Waals surface area (Å²) < 4.78 is 0. The van der Waals surface area contributed by atoms with E-state index in [-0.39, 0.29) is 0 Å². The van der Waals surface area contributed by atoms with Crippen LogP contribution in [0.5, 0.6) is 0 Å². The third kappa shape index (κ3) is 3.77. The number of nitrogens with zero attached hydrogens (tertiary/aromatic N) is 4. The van der Waals surface area contributed by atoms with Crippen molar-refractivity contribution in [2.24, 2.45) is 13.0 Å². The van der Waals surface area contributed by atoms with E-state index in [1.54, 1.807) is 7.05 Å². The highest BCUT2D eigenvalue weighted by Crippen LogP contribution is 2.27. The average molecular weight is 237 g/mol. The Balaban J connectivity index is 1.68. The fourth-order valence-electron chi connectivity index (χ4n) is 2.69. The topological polar surface area (TPSA) is 55.6 Å². The largest absolute Gasteiger partial charge is 0.307 e. The summed E-state index contributed by atoms with van der Waals surface area (Å²) in [6.07, 6.45) is 8.07. The minimum Gasteiger partial charge on any atom is -0.307 e. The Morgan fingerprint density at radius 2 is 2.06 bits per heavy atom. The lowest BCUT2D eigenvalue weighted by atomic mass is 9.83. The zero-order chi connectivity index (χ0) is 12.1. The highest BCUT2D eigenvalue weighted by atomic mass is 15.6. The summed E-state index contributed by atoms with van der Waals surface area (Å²) in [4.78, 5) is 1.51. The summed E-state index contributed by atoms with van der Waals surface area (Å²) in [5.74, 6) is 1.76. The monoisotopic (exact) mass is 237 g/mol. The first-order chi connectivity index (χ1) is 8.28. The van der Waals surface area contributed by atoms with Crippen molar-refractivity contribution >= 4 is 0 Å². The van der Waals surface area contributed by atoms with Crippen molar-refractivity contribution in [3.63, 3.8) is 0 Å². The van der Waals surface area contributed by atoms with Gasteiger partial charge in [-0.05, 0) is 36.8 Å². The van der Waals surface area contributed by atoms with Gasteiger partial charge in [0.1, 0.15) is 0 Å². The lowest BCUT2D eigenvalue weighted by molar-refractivity contribution is 0.276. The van der Waals surface area contributed by atoms with Crippen molar-refractivity contribution in [2.75, 3.05) is 0 Å². The molecular weight excluding hydrogens is 214 g/mol. The van der Waals surface area contributed by atoms with Crippen LogP contribution in [0.25, 0.3) is 0 Å². The SMILES string of the molecule is CCCC1CCC(NCc2nnn(C)n2)CC1. The van der Waals surface area contributed by atoms with Gasteiger partial charge in [0, 0.05) is 6.04 Å². The molecule has 17 heavy (non-hydrogen) atoms. The summed E-state index contributed by atoms with van der Waals surface area (Å²) in [6.45, 7) is 3.03. The van der Waals surface area contributed by atoms with Gasteiger partial charge in [-0.25, -0.2) is 0 Å². The lowest BCUT2D eigenvalue weighted by Crippen LogP contribution is -2.33. The molecule has 0 saturated heterocycles. The van der Waals surface area contributed by atoms with E-state index in [1.807, 2.05) is 0 Å². The van der Waals surface area contributed by atoms with Crippen LogP contribution < -0.4 is 5.32 Å². The minimum absolute atomic E-state index is 0.645. The molecule has 1 aromatic heterocycles. The van der Waals surface area contributed by atoms with Crippen molar-refractivity contribution in [3.8, 4) is 0 Å². The molecule has 0 bridgehead atoms. The summed E-state index contributed by atoms with van der Waals surface area (Å²) >= 11 is 0. The Hall–Kier alpha value is -0.970. The molecule has 1 heterocycles. The number of aromatic nitrogens is 4. The maximum absolute atomic E-state index is 4.17. The van der Waals surface area contributed by atoms with E-state index < -0.39 is 0 Å². The van der Waals surface area contributed by atoms with Gasteiger partial charge in [0.25, 0.3) is 0 Å². The maximum atomic E-state index is 4.17. The quantitative estimate of drug-likeness (QED) is 0.846. The average Bonchev–Trinajstić information content (AvgIpc) is 2.75. The van der Waals surface area contributed by atoms with Gasteiger partial charge in [0.15, 0.2) is 5.82 Å². The molecule has 1 N–H and O–H groups in total. The fraction of sp³-hybridized carbons (Fsp3) is 0.917. The van der Waals surface area contributed by atoms with Crippen LogP contribution in [0, 0.1) is 5.92 Å². The first kappa shape index (κ1) is 12.5. The van der Waals surface area contributed by atoms with E-state index in [0.29, 0.717) is 6.04 Å². The molecule has 0 aromatic carbocycles. The second-order valence-electron chi connectivity index (χ2n) is 5.08. The Labute approximate surface area is 103 Å². The maximum Gasteiger partial charge on any atom is 0.188 e. The van der Waals surface area contributed by atoms with Crippen molar-refractivity contribution in [2.45, 2.75) is 58.0 Å². The predicted molar refractivity (Wildman–Crippen MR) is 66.3 cm³/mol. The predicted octanol–water partition coefficient (Wildman–Crippen LogP) is 1.66. The van der Waals surface area contributed by atoms with E-state index >= 15 is 0 Å². The summed E-state index contributed by atoms with van der Waals surface area (Å²) in [6, 6.07) is 0.645. The summed E-state index contributed by atoms with van der Waals surface area (Å²) in [5.41, 5.74) is 0.